The molecule has 0 aromatic heterocycles. The number of halogens is 1. The van der Waals surface area contributed by atoms with Crippen LogP contribution >= 0.6 is 15.9 Å². The van der Waals surface area contributed by atoms with Crippen molar-refractivity contribution < 1.29 is 19.4 Å². The summed E-state index contributed by atoms with van der Waals surface area (Å²) in [4.78, 5) is 12.2. The smallest absolute Gasteiger partial charge is 0.249 e. The molecule has 2 N–H and O–H groups in total. The van der Waals surface area contributed by atoms with E-state index in [0.29, 0.717) is 11.5 Å². The first-order valence-corrected chi connectivity index (χ1v) is 9.07. The zero-order valence-electron chi connectivity index (χ0n) is 15.4. The molecule has 1 atom stereocenters. The summed E-state index contributed by atoms with van der Waals surface area (Å²) in [5.74, 6) is 0.886. The van der Waals surface area contributed by atoms with E-state index in [1.54, 1.807) is 26.4 Å². The predicted molar refractivity (Wildman–Crippen MR) is 105 cm³/mol. The number of nitrogens with one attached hydrogen (secondary N) is 1. The Kier molecular flexibility index (Phi) is 7.06. The number of hydrogen-bond donors (Lipinski definition) is 2. The molecule has 140 valence electrons. The highest BCUT2D eigenvalue weighted by Crippen LogP contribution is 2.25. The van der Waals surface area contributed by atoms with Crippen molar-refractivity contribution in [2.24, 2.45) is 0 Å². The number of amides is 1. The number of rotatable bonds is 7. The molecule has 5 nitrogen and oxygen atoms in total. The number of aryl methyl sites for hydroxylation is 2. The van der Waals surface area contributed by atoms with Gasteiger partial charge in [-0.25, -0.2) is 0 Å². The highest BCUT2D eigenvalue weighted by Gasteiger charge is 2.17. The molecule has 0 radical (unpaired) electrons. The third kappa shape index (κ3) is 4.99. The Hall–Kier alpha value is -2.05. The molecular formula is C20H24BrNO4. The lowest BCUT2D eigenvalue weighted by atomic mass is 10.0. The quantitative estimate of drug-likeness (QED) is 0.719. The Morgan fingerprint density at radius 2 is 1.81 bits per heavy atom. The minimum Gasteiger partial charge on any atom is -0.497 e. The number of aliphatic hydroxyl groups is 1. The van der Waals surface area contributed by atoms with Gasteiger partial charge in [0.15, 0.2) is 0 Å². The zero-order valence-corrected chi connectivity index (χ0v) is 17.0. The fourth-order valence-electron chi connectivity index (χ4n) is 2.77. The van der Waals surface area contributed by atoms with E-state index in [1.165, 1.54) is 0 Å². The van der Waals surface area contributed by atoms with Crippen LogP contribution in [0.1, 0.15) is 22.3 Å². The van der Waals surface area contributed by atoms with Gasteiger partial charge in [-0.3, -0.25) is 4.79 Å². The van der Waals surface area contributed by atoms with Crippen LogP contribution in [0.5, 0.6) is 11.5 Å². The van der Waals surface area contributed by atoms with E-state index in [9.17, 15) is 9.90 Å². The third-order valence-electron chi connectivity index (χ3n) is 4.18. The lowest BCUT2D eigenvalue weighted by Crippen LogP contribution is -2.35. The van der Waals surface area contributed by atoms with Gasteiger partial charge in [0.1, 0.15) is 17.6 Å². The average Bonchev–Trinajstić information content (AvgIpc) is 2.63. The van der Waals surface area contributed by atoms with Crippen LogP contribution in [-0.2, 0) is 17.8 Å². The van der Waals surface area contributed by atoms with Crippen LogP contribution in [0.3, 0.4) is 0 Å². The van der Waals surface area contributed by atoms with Crippen molar-refractivity contribution in [3.63, 3.8) is 0 Å². The molecule has 2 aromatic rings. The van der Waals surface area contributed by atoms with Crippen LogP contribution < -0.4 is 14.8 Å². The summed E-state index contributed by atoms with van der Waals surface area (Å²) in [7, 11) is 3.14. The van der Waals surface area contributed by atoms with Gasteiger partial charge in [-0.15, -0.1) is 0 Å². The van der Waals surface area contributed by atoms with Crippen molar-refractivity contribution in [3.05, 3.63) is 57.1 Å². The first-order valence-electron chi connectivity index (χ1n) is 8.28. The Labute approximate surface area is 162 Å². The van der Waals surface area contributed by atoms with Gasteiger partial charge in [0.25, 0.3) is 0 Å². The largest absolute Gasteiger partial charge is 0.497 e. The minimum absolute atomic E-state index is 0.264. The summed E-state index contributed by atoms with van der Waals surface area (Å²) in [5.41, 5.74) is 3.89. The predicted octanol–water partition coefficient (Wildman–Crippen LogP) is 3.30. The Bertz CT molecular complexity index is 768. The topological polar surface area (TPSA) is 67.8 Å². The fourth-order valence-corrected chi connectivity index (χ4v) is 3.00. The molecule has 1 unspecified atom stereocenters. The summed E-state index contributed by atoms with van der Waals surface area (Å²) in [6.45, 7) is 4.24. The number of aliphatic hydroxyl groups excluding tert-OH is 1. The summed E-state index contributed by atoms with van der Waals surface area (Å²) >= 11 is 3.52. The second-order valence-corrected chi connectivity index (χ2v) is 6.95. The molecule has 0 spiro atoms. The number of carbonyl (C=O) groups excluding carboxylic acids is 1. The number of carbonyl (C=O) groups is 1. The van der Waals surface area contributed by atoms with Gasteiger partial charge in [-0.05, 0) is 42.7 Å². The highest BCUT2D eigenvalue weighted by atomic mass is 79.9. The van der Waals surface area contributed by atoms with Crippen LogP contribution in [0.25, 0.3) is 0 Å². The lowest BCUT2D eigenvalue weighted by molar-refractivity contribution is -0.129. The Morgan fingerprint density at radius 1 is 1.15 bits per heavy atom. The van der Waals surface area contributed by atoms with Crippen molar-refractivity contribution in [2.75, 3.05) is 14.2 Å². The summed E-state index contributed by atoms with van der Waals surface area (Å²) in [5, 5.41) is 13.0. The van der Waals surface area contributed by atoms with Crippen molar-refractivity contribution in [1.82, 2.24) is 5.32 Å². The van der Waals surface area contributed by atoms with Gasteiger partial charge in [0.05, 0.1) is 14.2 Å². The van der Waals surface area contributed by atoms with Crippen LogP contribution in [-0.4, -0.2) is 31.3 Å². The fraction of sp³-hybridized carbons (Fsp3) is 0.350. The number of ether oxygens (including phenoxy) is 2. The van der Waals surface area contributed by atoms with E-state index in [0.717, 1.165) is 26.7 Å². The second-order valence-electron chi connectivity index (χ2n) is 6.16. The van der Waals surface area contributed by atoms with Gasteiger partial charge in [0, 0.05) is 29.1 Å². The maximum Gasteiger partial charge on any atom is 0.249 e. The summed E-state index contributed by atoms with van der Waals surface area (Å²) in [6, 6.07) is 9.32. The Morgan fingerprint density at radius 3 is 2.38 bits per heavy atom. The molecule has 0 aliphatic heterocycles. The van der Waals surface area contributed by atoms with Crippen molar-refractivity contribution in [1.29, 1.82) is 0 Å². The van der Waals surface area contributed by atoms with Crippen molar-refractivity contribution in [3.8, 4) is 11.5 Å². The molecule has 2 rings (SSSR count). The first kappa shape index (κ1) is 20.3. The molecule has 6 heteroatoms. The zero-order chi connectivity index (χ0) is 19.3. The van der Waals surface area contributed by atoms with Gasteiger partial charge in [-0.1, -0.05) is 28.1 Å². The van der Waals surface area contributed by atoms with Crippen LogP contribution in [0.4, 0.5) is 0 Å². The van der Waals surface area contributed by atoms with Crippen LogP contribution in [0, 0.1) is 13.8 Å². The van der Waals surface area contributed by atoms with E-state index in [-0.39, 0.29) is 13.0 Å². The molecular weight excluding hydrogens is 398 g/mol. The minimum atomic E-state index is -1.11. The lowest BCUT2D eigenvalue weighted by Gasteiger charge is -2.15. The van der Waals surface area contributed by atoms with Gasteiger partial charge >= 0.3 is 0 Å². The second kappa shape index (κ2) is 9.05. The number of benzene rings is 2. The summed E-state index contributed by atoms with van der Waals surface area (Å²) in [6.07, 6.45) is -0.847. The number of hydrogen-bond acceptors (Lipinski definition) is 4. The summed E-state index contributed by atoms with van der Waals surface area (Å²) < 4.78 is 11.5. The first-order chi connectivity index (χ1) is 12.3. The molecule has 0 saturated carbocycles. The molecule has 26 heavy (non-hydrogen) atoms. The molecule has 2 aromatic carbocycles. The van der Waals surface area contributed by atoms with Crippen LogP contribution in [0.2, 0.25) is 0 Å². The molecule has 0 fully saturated rings. The van der Waals surface area contributed by atoms with Gasteiger partial charge in [0.2, 0.25) is 5.91 Å². The maximum absolute atomic E-state index is 12.2. The standard InChI is InChI=1S/C20H24BrNO4/c1-12-7-14(8-13(2)19(12)21)9-17(23)20(24)22-11-15-5-6-16(25-3)10-18(15)26-4/h5-8,10,17,23H,9,11H2,1-4H3,(H,22,24). The normalized spacial score (nSPS) is 11.8. The molecule has 0 aliphatic rings. The third-order valence-corrected chi connectivity index (χ3v) is 5.43. The van der Waals surface area contributed by atoms with E-state index < -0.39 is 12.0 Å². The van der Waals surface area contributed by atoms with Gasteiger partial charge < -0.3 is 19.9 Å². The van der Waals surface area contributed by atoms with E-state index in [4.69, 9.17) is 9.47 Å². The monoisotopic (exact) mass is 421 g/mol. The van der Waals surface area contributed by atoms with E-state index >= 15 is 0 Å². The SMILES string of the molecule is COc1ccc(CNC(=O)C(O)Cc2cc(C)c(Br)c(C)c2)c(OC)c1. The van der Waals surface area contributed by atoms with E-state index in [1.807, 2.05) is 32.0 Å². The molecule has 0 saturated heterocycles. The Balaban J connectivity index is 1.99. The molecule has 0 bridgehead atoms. The highest BCUT2D eigenvalue weighted by molar-refractivity contribution is 9.10. The van der Waals surface area contributed by atoms with Gasteiger partial charge in [-0.2, -0.15) is 0 Å². The molecule has 0 aliphatic carbocycles. The number of methoxy groups -OCH3 is 2. The van der Waals surface area contributed by atoms with E-state index in [2.05, 4.69) is 21.2 Å². The van der Waals surface area contributed by atoms with Crippen molar-refractivity contribution >= 4 is 21.8 Å². The molecule has 1 amide bonds. The van der Waals surface area contributed by atoms with Crippen molar-refractivity contribution in [2.45, 2.75) is 32.9 Å². The molecule has 0 heterocycles. The van der Waals surface area contributed by atoms with Crippen LogP contribution in [0.15, 0.2) is 34.8 Å². The maximum atomic E-state index is 12.2. The average molecular weight is 422 g/mol.